The Morgan fingerprint density at radius 3 is 2.52 bits per heavy atom. The van der Waals surface area contributed by atoms with Crippen molar-refractivity contribution in [2.75, 3.05) is 13.1 Å². The molecule has 4 aromatic rings. The minimum atomic E-state index is -3.87. The average Bonchev–Trinajstić information content (AvgIpc) is 3.36. The summed E-state index contributed by atoms with van der Waals surface area (Å²) >= 11 is 6.62. The molecular weight excluding hydrogens is 581 g/mol. The molecule has 1 unspecified atom stereocenters. The molecular formula is C29H31ClN5O6P. The summed E-state index contributed by atoms with van der Waals surface area (Å²) in [6.45, 7) is 8.34. The minimum absolute atomic E-state index is 0.0916. The van der Waals surface area contributed by atoms with Crippen LogP contribution < -0.4 is 25.0 Å². The summed E-state index contributed by atoms with van der Waals surface area (Å²) in [5, 5.41) is 4.76. The lowest BCUT2D eigenvalue weighted by atomic mass is 9.95. The van der Waals surface area contributed by atoms with Crippen LogP contribution in [0.15, 0.2) is 47.3 Å². The van der Waals surface area contributed by atoms with E-state index < -0.39 is 19.8 Å². The first-order valence-electron chi connectivity index (χ1n) is 13.7. The van der Waals surface area contributed by atoms with Crippen molar-refractivity contribution in [1.82, 2.24) is 19.1 Å². The van der Waals surface area contributed by atoms with E-state index in [2.05, 4.69) is 5.10 Å². The Hall–Kier alpha value is -3.79. The Labute approximate surface area is 247 Å². The Kier molecular flexibility index (Phi) is 7.07. The highest BCUT2D eigenvalue weighted by Gasteiger charge is 2.50. The lowest BCUT2D eigenvalue weighted by molar-refractivity contribution is 0.0607. The van der Waals surface area contributed by atoms with Gasteiger partial charge in [0.25, 0.3) is 5.91 Å². The summed E-state index contributed by atoms with van der Waals surface area (Å²) in [6.07, 6.45) is 0.500. The van der Waals surface area contributed by atoms with E-state index in [9.17, 15) is 14.2 Å². The fraction of sp³-hybridized carbons (Fsp3) is 0.345. The van der Waals surface area contributed by atoms with Gasteiger partial charge in [0.15, 0.2) is 11.5 Å². The van der Waals surface area contributed by atoms with E-state index >= 15 is 0 Å². The number of phosphoric acid groups is 1. The molecule has 2 aromatic carbocycles. The van der Waals surface area contributed by atoms with Crippen LogP contribution >= 0.6 is 19.4 Å². The third kappa shape index (κ3) is 4.56. The smallest absolute Gasteiger partial charge is 0.385 e. The SMILES string of the molecule is Cc1nn2c(=O)n(Cc3ccccc3)c([C@H](C(C)C)N(CCCN)C(=O)c3cc4c(C)c5c3OP(=O)(O4)O5)cc2c1Cl. The molecule has 2 atom stereocenters. The van der Waals surface area contributed by atoms with Crippen LogP contribution in [0.5, 0.6) is 17.2 Å². The van der Waals surface area contributed by atoms with Crippen molar-refractivity contribution in [1.29, 1.82) is 0 Å². The first-order valence-corrected chi connectivity index (χ1v) is 15.6. The third-order valence-electron chi connectivity index (χ3n) is 7.63. The van der Waals surface area contributed by atoms with Crippen molar-refractivity contribution in [2.24, 2.45) is 11.7 Å². The molecule has 3 bridgehead atoms. The summed E-state index contributed by atoms with van der Waals surface area (Å²) < 4.78 is 32.3. The van der Waals surface area contributed by atoms with Gasteiger partial charge in [-0.05, 0) is 50.4 Å². The number of halogens is 1. The van der Waals surface area contributed by atoms with Gasteiger partial charge < -0.3 is 24.2 Å². The molecule has 2 N–H and O–H groups in total. The second kappa shape index (κ2) is 10.5. The van der Waals surface area contributed by atoms with Crippen LogP contribution in [-0.4, -0.2) is 38.1 Å². The monoisotopic (exact) mass is 611 g/mol. The number of hydrogen-bond donors (Lipinski definition) is 1. The summed E-state index contributed by atoms with van der Waals surface area (Å²) in [7, 11) is -3.87. The molecule has 1 amide bonds. The highest BCUT2D eigenvalue weighted by molar-refractivity contribution is 7.50. The van der Waals surface area contributed by atoms with Crippen molar-refractivity contribution in [3.63, 3.8) is 0 Å². The first kappa shape index (κ1) is 28.3. The van der Waals surface area contributed by atoms with Gasteiger partial charge in [0.2, 0.25) is 0 Å². The van der Waals surface area contributed by atoms with Gasteiger partial charge in [-0.1, -0.05) is 55.8 Å². The molecule has 2 aliphatic rings. The lowest BCUT2D eigenvalue weighted by Crippen LogP contribution is -2.42. The van der Waals surface area contributed by atoms with Crippen molar-refractivity contribution < 1.29 is 22.9 Å². The van der Waals surface area contributed by atoms with E-state index in [0.717, 1.165) is 5.56 Å². The first-order chi connectivity index (χ1) is 20.0. The van der Waals surface area contributed by atoms with Crippen molar-refractivity contribution >= 4 is 30.8 Å². The van der Waals surface area contributed by atoms with Gasteiger partial charge in [-0.2, -0.15) is 14.2 Å². The average molecular weight is 612 g/mol. The number of hydrogen-bond acceptors (Lipinski definition) is 8. The molecule has 0 saturated heterocycles. The maximum absolute atomic E-state index is 14.5. The molecule has 0 saturated carbocycles. The zero-order valence-electron chi connectivity index (χ0n) is 23.7. The van der Waals surface area contributed by atoms with Crippen LogP contribution in [0, 0.1) is 19.8 Å². The molecule has 42 heavy (non-hydrogen) atoms. The number of aryl methyl sites for hydroxylation is 1. The maximum Gasteiger partial charge on any atom is 0.647 e. The Morgan fingerprint density at radius 1 is 1.12 bits per heavy atom. The van der Waals surface area contributed by atoms with Gasteiger partial charge in [-0.15, -0.1) is 0 Å². The molecule has 0 fully saturated rings. The second-order valence-electron chi connectivity index (χ2n) is 10.9. The lowest BCUT2D eigenvalue weighted by Gasteiger charge is -2.36. The van der Waals surface area contributed by atoms with E-state index in [1.54, 1.807) is 29.4 Å². The zero-order valence-corrected chi connectivity index (χ0v) is 25.3. The van der Waals surface area contributed by atoms with Gasteiger partial charge in [-0.3, -0.25) is 9.36 Å². The van der Waals surface area contributed by atoms with Crippen molar-refractivity contribution in [2.45, 2.75) is 46.7 Å². The minimum Gasteiger partial charge on any atom is -0.385 e. The quantitative estimate of drug-likeness (QED) is 0.253. The van der Waals surface area contributed by atoms with E-state index in [4.69, 9.17) is 30.9 Å². The normalized spacial score (nSPS) is 17.3. The van der Waals surface area contributed by atoms with E-state index in [1.807, 2.05) is 50.2 Å². The molecule has 0 radical (unpaired) electrons. The number of nitrogens with two attached hydrogens (primary N) is 1. The van der Waals surface area contributed by atoms with Gasteiger partial charge >= 0.3 is 13.5 Å². The molecule has 4 heterocycles. The number of nitrogens with zero attached hydrogens (tertiary/aromatic N) is 4. The molecule has 0 aliphatic carbocycles. The third-order valence-corrected chi connectivity index (χ3v) is 9.33. The molecule has 13 heteroatoms. The van der Waals surface area contributed by atoms with Gasteiger partial charge in [0.05, 0.1) is 34.4 Å². The van der Waals surface area contributed by atoms with Crippen molar-refractivity contribution in [3.05, 3.63) is 86.0 Å². The summed E-state index contributed by atoms with van der Waals surface area (Å²) in [4.78, 5) is 30.2. The van der Waals surface area contributed by atoms with E-state index in [0.29, 0.717) is 40.5 Å². The summed E-state index contributed by atoms with van der Waals surface area (Å²) in [5.74, 6) is 0.0636. The van der Waals surface area contributed by atoms with Gasteiger partial charge in [0, 0.05) is 17.8 Å². The molecule has 0 spiro atoms. The number of amides is 1. The van der Waals surface area contributed by atoms with Crippen LogP contribution in [0.4, 0.5) is 0 Å². The van der Waals surface area contributed by atoms with Crippen LogP contribution in [0.25, 0.3) is 5.52 Å². The Morgan fingerprint density at radius 2 is 1.83 bits per heavy atom. The van der Waals surface area contributed by atoms with Crippen LogP contribution in [0.2, 0.25) is 5.02 Å². The van der Waals surface area contributed by atoms with Crippen molar-refractivity contribution in [3.8, 4) is 17.2 Å². The Balaban J connectivity index is 1.55. The Bertz CT molecular complexity index is 1830. The van der Waals surface area contributed by atoms with E-state index in [1.165, 1.54) is 4.52 Å². The van der Waals surface area contributed by atoms with E-state index in [-0.39, 0.29) is 47.5 Å². The number of phosphoric ester groups is 1. The number of carbonyl (C=O) groups is 1. The fourth-order valence-electron chi connectivity index (χ4n) is 5.62. The highest BCUT2D eigenvalue weighted by atomic mass is 35.5. The van der Waals surface area contributed by atoms with Gasteiger partial charge in [0.1, 0.15) is 5.75 Å². The van der Waals surface area contributed by atoms with Gasteiger partial charge in [-0.25, -0.2) is 4.79 Å². The largest absolute Gasteiger partial charge is 0.647 e. The number of fused-ring (bicyclic) bond motifs is 3. The topological polar surface area (TPSA) is 130 Å². The van der Waals surface area contributed by atoms with Crippen LogP contribution in [0.3, 0.4) is 0 Å². The molecule has 6 rings (SSSR count). The summed E-state index contributed by atoms with van der Waals surface area (Å²) in [5.41, 5.74) is 8.80. The number of rotatable bonds is 9. The molecule has 11 nitrogen and oxygen atoms in total. The number of aromatic nitrogens is 3. The number of carbonyl (C=O) groups excluding carboxylic acids is 1. The predicted octanol–water partition coefficient (Wildman–Crippen LogP) is 5.27. The predicted molar refractivity (Wildman–Crippen MR) is 158 cm³/mol. The van der Waals surface area contributed by atoms with Crippen LogP contribution in [-0.2, 0) is 11.1 Å². The zero-order chi connectivity index (χ0) is 29.9. The molecule has 2 aromatic heterocycles. The maximum atomic E-state index is 14.5. The molecule has 220 valence electrons. The highest BCUT2D eigenvalue weighted by Crippen LogP contribution is 2.66. The number of benzene rings is 2. The fourth-order valence-corrected chi connectivity index (χ4v) is 7.18. The van der Waals surface area contributed by atoms with Crippen LogP contribution in [0.1, 0.15) is 59.2 Å². The standard InChI is InChI=1S/C29H31ClN5O6P/c1-16(2)25(22-14-21-24(30)18(4)32-35(21)29(37)34(22)15-19-9-6-5-7-10-19)33(12-8-11-31)28(36)20-13-23-17(3)26-27(20)41-42(38,39-23)40-26/h5-7,9-10,13-14,16,25H,8,11-12,15,31H2,1-4H3/t25-,42?/m0/s1. The summed E-state index contributed by atoms with van der Waals surface area (Å²) in [6, 6.07) is 12.4. The molecule has 2 aliphatic heterocycles. The second-order valence-corrected chi connectivity index (χ2v) is 12.7.